The first-order chi connectivity index (χ1) is 15.5. The molecule has 4 heteroatoms. The maximum atomic E-state index is 14.9. The Kier molecular flexibility index (Phi) is 6.69. The predicted molar refractivity (Wildman–Crippen MR) is 122 cm³/mol. The Morgan fingerprint density at radius 1 is 0.781 bits per heavy atom. The van der Waals surface area contributed by atoms with E-state index >= 15 is 0 Å². The standard InChI is InChI=1S/C28H27F3O/c1-3-5-7-20-14-15-22-17-23-16-21(13-12-19-10-8-18(6-4-2)9-11-19)24(29)26(31)28(23)32-27(22)25(20)30/h3,8-11,14-16H,1,4-7,12-13,17H2,2H3. The Labute approximate surface area is 187 Å². The summed E-state index contributed by atoms with van der Waals surface area (Å²) in [6.45, 7) is 5.79. The van der Waals surface area contributed by atoms with Crippen LogP contribution >= 0.6 is 0 Å². The van der Waals surface area contributed by atoms with Crippen LogP contribution in [0.15, 0.2) is 55.1 Å². The molecule has 0 spiro atoms. The Morgan fingerprint density at radius 2 is 1.47 bits per heavy atom. The van der Waals surface area contributed by atoms with Crippen molar-refractivity contribution in [1.29, 1.82) is 0 Å². The molecule has 3 aromatic rings. The average Bonchev–Trinajstić information content (AvgIpc) is 2.80. The van der Waals surface area contributed by atoms with Crippen LogP contribution in [0, 0.1) is 17.5 Å². The topological polar surface area (TPSA) is 9.23 Å². The molecule has 0 radical (unpaired) electrons. The van der Waals surface area contributed by atoms with Crippen molar-refractivity contribution in [2.75, 3.05) is 0 Å². The van der Waals surface area contributed by atoms with Gasteiger partial charge in [0.15, 0.2) is 23.1 Å². The molecular formula is C28H27F3O. The van der Waals surface area contributed by atoms with E-state index in [-0.39, 0.29) is 11.5 Å². The summed E-state index contributed by atoms with van der Waals surface area (Å²) in [6, 6.07) is 13.5. The molecule has 0 aromatic heterocycles. The van der Waals surface area contributed by atoms with E-state index in [1.165, 1.54) is 5.56 Å². The Balaban J connectivity index is 1.56. The van der Waals surface area contributed by atoms with E-state index < -0.39 is 17.5 Å². The van der Waals surface area contributed by atoms with E-state index in [0.717, 1.165) is 18.4 Å². The SMILES string of the molecule is C=CCCc1ccc2c(c1F)Oc1c(cc(CCc3ccc(CCC)cc3)c(F)c1F)C2. The fourth-order valence-electron chi connectivity index (χ4n) is 4.23. The summed E-state index contributed by atoms with van der Waals surface area (Å²) in [4.78, 5) is 0. The van der Waals surface area contributed by atoms with Gasteiger partial charge in [0.1, 0.15) is 0 Å². The van der Waals surface area contributed by atoms with Crippen LogP contribution in [-0.4, -0.2) is 0 Å². The van der Waals surface area contributed by atoms with Gasteiger partial charge in [0, 0.05) is 17.5 Å². The average molecular weight is 437 g/mol. The van der Waals surface area contributed by atoms with Gasteiger partial charge in [0.2, 0.25) is 5.82 Å². The maximum Gasteiger partial charge on any atom is 0.201 e. The third-order valence-electron chi connectivity index (χ3n) is 6.02. The summed E-state index contributed by atoms with van der Waals surface area (Å²) >= 11 is 0. The van der Waals surface area contributed by atoms with Crippen molar-refractivity contribution in [3.63, 3.8) is 0 Å². The zero-order valence-corrected chi connectivity index (χ0v) is 18.3. The van der Waals surface area contributed by atoms with Crippen LogP contribution in [0.4, 0.5) is 13.2 Å². The molecule has 0 saturated carbocycles. The van der Waals surface area contributed by atoms with Crippen LogP contribution in [-0.2, 0) is 32.1 Å². The number of aryl methyl sites for hydroxylation is 4. The lowest BCUT2D eigenvalue weighted by Gasteiger charge is -2.23. The van der Waals surface area contributed by atoms with Crippen LogP contribution in [0.3, 0.4) is 0 Å². The summed E-state index contributed by atoms with van der Waals surface area (Å²) in [7, 11) is 0. The number of fused-ring (bicyclic) bond motifs is 2. The largest absolute Gasteiger partial charge is 0.450 e. The van der Waals surface area contributed by atoms with Crippen LogP contribution < -0.4 is 4.74 Å². The van der Waals surface area contributed by atoms with Crippen molar-refractivity contribution in [3.05, 3.63) is 106 Å². The highest BCUT2D eigenvalue weighted by molar-refractivity contribution is 5.53. The summed E-state index contributed by atoms with van der Waals surface area (Å²) in [5, 5.41) is 0. The van der Waals surface area contributed by atoms with Gasteiger partial charge in [-0.25, -0.2) is 8.78 Å². The van der Waals surface area contributed by atoms with E-state index in [1.807, 2.05) is 12.1 Å². The second kappa shape index (κ2) is 9.64. The number of ether oxygens (including phenoxy) is 1. The van der Waals surface area contributed by atoms with E-state index in [4.69, 9.17) is 4.74 Å². The van der Waals surface area contributed by atoms with Crippen LogP contribution in [0.2, 0.25) is 0 Å². The molecule has 1 nitrogen and oxygen atoms in total. The molecular weight excluding hydrogens is 409 g/mol. The zero-order valence-electron chi connectivity index (χ0n) is 18.3. The minimum atomic E-state index is -1.04. The Hall–Kier alpha value is -3.01. The normalized spacial score (nSPS) is 12.1. The van der Waals surface area contributed by atoms with Crippen LogP contribution in [0.5, 0.6) is 11.5 Å². The van der Waals surface area contributed by atoms with Crippen molar-refractivity contribution in [3.8, 4) is 11.5 Å². The number of benzene rings is 3. The van der Waals surface area contributed by atoms with Gasteiger partial charge in [-0.2, -0.15) is 4.39 Å². The molecule has 0 fully saturated rings. The number of halogens is 3. The first kappa shape index (κ1) is 22.2. The van der Waals surface area contributed by atoms with Crippen molar-refractivity contribution in [2.24, 2.45) is 0 Å². The highest BCUT2D eigenvalue weighted by Gasteiger charge is 2.28. The smallest absolute Gasteiger partial charge is 0.201 e. The number of hydrogen-bond donors (Lipinski definition) is 0. The molecule has 0 unspecified atom stereocenters. The molecule has 166 valence electrons. The van der Waals surface area contributed by atoms with Gasteiger partial charge in [0.05, 0.1) is 0 Å². The molecule has 0 bridgehead atoms. The molecule has 4 rings (SSSR count). The van der Waals surface area contributed by atoms with Crippen LogP contribution in [0.25, 0.3) is 0 Å². The minimum absolute atomic E-state index is 0.00252. The van der Waals surface area contributed by atoms with Crippen molar-refractivity contribution in [2.45, 2.75) is 51.9 Å². The summed E-state index contributed by atoms with van der Waals surface area (Å²) in [6.07, 6.45) is 6.23. The zero-order chi connectivity index (χ0) is 22.7. The first-order valence-electron chi connectivity index (χ1n) is 11.2. The Morgan fingerprint density at radius 3 is 2.16 bits per heavy atom. The van der Waals surface area contributed by atoms with Crippen LogP contribution in [0.1, 0.15) is 53.1 Å². The molecule has 0 aliphatic carbocycles. The molecule has 0 N–H and O–H groups in total. The van der Waals surface area contributed by atoms with E-state index in [2.05, 4.69) is 25.6 Å². The third kappa shape index (κ3) is 4.45. The quantitative estimate of drug-likeness (QED) is 0.258. The minimum Gasteiger partial charge on any atom is -0.450 e. The fraction of sp³-hybridized carbons (Fsp3) is 0.286. The molecule has 0 atom stereocenters. The number of hydrogen-bond acceptors (Lipinski definition) is 1. The van der Waals surface area contributed by atoms with Gasteiger partial charge in [-0.1, -0.05) is 55.8 Å². The highest BCUT2D eigenvalue weighted by Crippen LogP contribution is 2.42. The van der Waals surface area contributed by atoms with Crippen molar-refractivity contribution < 1.29 is 17.9 Å². The molecule has 1 heterocycles. The lowest BCUT2D eigenvalue weighted by atomic mass is 9.94. The summed E-state index contributed by atoms with van der Waals surface area (Å²) < 4.78 is 50.2. The highest BCUT2D eigenvalue weighted by atomic mass is 19.2. The van der Waals surface area contributed by atoms with Gasteiger partial charge in [0.25, 0.3) is 0 Å². The number of rotatable bonds is 8. The van der Waals surface area contributed by atoms with E-state index in [9.17, 15) is 13.2 Å². The monoisotopic (exact) mass is 436 g/mol. The molecule has 3 aromatic carbocycles. The van der Waals surface area contributed by atoms with Gasteiger partial charge < -0.3 is 4.74 Å². The van der Waals surface area contributed by atoms with Gasteiger partial charge >= 0.3 is 0 Å². The predicted octanol–water partition coefficient (Wildman–Crippen LogP) is 7.66. The lowest BCUT2D eigenvalue weighted by molar-refractivity contribution is 0.377. The molecule has 32 heavy (non-hydrogen) atoms. The van der Waals surface area contributed by atoms with Crippen molar-refractivity contribution >= 4 is 0 Å². The number of allylic oxidation sites excluding steroid dienone is 1. The summed E-state index contributed by atoms with van der Waals surface area (Å²) in [5.74, 6) is -2.68. The van der Waals surface area contributed by atoms with Gasteiger partial charge in [-0.3, -0.25) is 0 Å². The van der Waals surface area contributed by atoms with E-state index in [1.54, 1.807) is 24.3 Å². The van der Waals surface area contributed by atoms with E-state index in [0.29, 0.717) is 54.4 Å². The maximum absolute atomic E-state index is 14.9. The lowest BCUT2D eigenvalue weighted by Crippen LogP contribution is -2.11. The second-order valence-electron chi connectivity index (χ2n) is 8.35. The molecule has 1 aliphatic heterocycles. The molecule has 0 saturated heterocycles. The van der Waals surface area contributed by atoms with Crippen molar-refractivity contribution in [1.82, 2.24) is 0 Å². The summed E-state index contributed by atoms with van der Waals surface area (Å²) in [5.41, 5.74) is 4.34. The van der Waals surface area contributed by atoms with Gasteiger partial charge in [-0.05, 0) is 60.4 Å². The first-order valence-corrected chi connectivity index (χ1v) is 11.2. The third-order valence-corrected chi connectivity index (χ3v) is 6.02. The Bertz CT molecular complexity index is 1130. The fourth-order valence-corrected chi connectivity index (χ4v) is 4.23. The molecule has 1 aliphatic rings. The molecule has 0 amide bonds. The second-order valence-corrected chi connectivity index (χ2v) is 8.35. The van der Waals surface area contributed by atoms with Gasteiger partial charge in [-0.15, -0.1) is 6.58 Å².